The van der Waals surface area contributed by atoms with Crippen molar-refractivity contribution in [3.63, 3.8) is 0 Å². The van der Waals surface area contributed by atoms with Gasteiger partial charge in [-0.25, -0.2) is 10.8 Å². The third-order valence-electron chi connectivity index (χ3n) is 0. The Morgan fingerprint density at radius 3 is 1.25 bits per heavy atom. The summed E-state index contributed by atoms with van der Waals surface area (Å²) in [6.45, 7) is 0. The minimum absolute atomic E-state index is 0. The van der Waals surface area contributed by atoms with Crippen molar-refractivity contribution in [3.8, 4) is 0 Å². The zero-order chi connectivity index (χ0) is 2.71. The summed E-state index contributed by atoms with van der Waals surface area (Å²) in [6, 6.07) is 1.25. The first-order valence-electron chi connectivity index (χ1n) is 0.500. The molecule has 0 aromatic carbocycles. The third-order valence-corrected chi connectivity index (χ3v) is 0. The number of hydrogen-bond donors (Lipinski definition) is 2. The van der Waals surface area contributed by atoms with Crippen LogP contribution in [0.2, 0.25) is 0 Å². The zero-order valence-electron chi connectivity index (χ0n) is 2.00. The Labute approximate surface area is 39.1 Å². The molecule has 0 atom stereocenters. The van der Waals surface area contributed by atoms with Crippen LogP contribution < -0.4 is 0 Å². The fourth-order valence-corrected chi connectivity index (χ4v) is 0. The van der Waals surface area contributed by atoms with Gasteiger partial charge in [-0.1, -0.05) is 0 Å². The fourth-order valence-electron chi connectivity index (χ4n) is 0. The third kappa shape index (κ3) is 282. The van der Waals surface area contributed by atoms with Gasteiger partial charge in [-0.2, -0.15) is 0 Å². The number of hydrogen-bond acceptors (Lipinski definition) is 2. The van der Waals surface area contributed by atoms with E-state index in [9.17, 15) is 0 Å². The maximum atomic E-state index is 5.62. The molecule has 0 radical (unpaired) electrons. The van der Waals surface area contributed by atoms with Crippen molar-refractivity contribution in [1.29, 1.82) is 10.8 Å². The SMILES string of the molecule is N=C=N.[Ti]. The quantitative estimate of drug-likeness (QED) is 0.317. The van der Waals surface area contributed by atoms with Crippen LogP contribution in [0, 0.1) is 10.8 Å². The van der Waals surface area contributed by atoms with Crippen molar-refractivity contribution in [3.05, 3.63) is 0 Å². The van der Waals surface area contributed by atoms with Crippen LogP contribution in [0.1, 0.15) is 0 Å². The maximum absolute atomic E-state index is 5.62. The number of rotatable bonds is 0. The molecule has 0 rings (SSSR count). The molecule has 0 saturated heterocycles. The summed E-state index contributed by atoms with van der Waals surface area (Å²) in [7, 11) is 0. The molecule has 2 nitrogen and oxygen atoms in total. The van der Waals surface area contributed by atoms with Crippen LogP contribution in [0.3, 0.4) is 0 Å². The predicted octanol–water partition coefficient (Wildman–Crippen LogP) is 0.315. The van der Waals surface area contributed by atoms with Gasteiger partial charge >= 0.3 is 0 Å². The second kappa shape index (κ2) is 11.3. The summed E-state index contributed by atoms with van der Waals surface area (Å²) in [4.78, 5) is 0. The molecule has 4 heavy (non-hydrogen) atoms. The first-order valence-corrected chi connectivity index (χ1v) is 0.500. The van der Waals surface area contributed by atoms with Gasteiger partial charge in [0, 0.05) is 21.7 Å². The molecule has 2 N–H and O–H groups in total. The molecule has 0 aromatic heterocycles. The van der Waals surface area contributed by atoms with Gasteiger partial charge in [0.15, 0.2) is 0 Å². The van der Waals surface area contributed by atoms with E-state index in [0.29, 0.717) is 0 Å². The van der Waals surface area contributed by atoms with Crippen LogP contribution in [0.5, 0.6) is 0 Å². The monoisotopic (exact) mass is 90.0 g/mol. The second-order valence-electron chi connectivity index (χ2n) is 0.125. The Morgan fingerprint density at radius 1 is 1.25 bits per heavy atom. The first kappa shape index (κ1) is 8.94. The van der Waals surface area contributed by atoms with E-state index in [4.69, 9.17) is 10.8 Å². The largest absolute Gasteiger partial charge is 0.242 e. The molecule has 0 heterocycles. The van der Waals surface area contributed by atoms with E-state index in [0.717, 1.165) is 0 Å². The summed E-state index contributed by atoms with van der Waals surface area (Å²) in [5.41, 5.74) is 0. The molecule has 0 aliphatic heterocycles. The molecule has 0 aliphatic rings. The topological polar surface area (TPSA) is 47.7 Å². The molecule has 0 amide bonds. The first-order chi connectivity index (χ1) is 1.41. The number of nitrogens with one attached hydrogen (secondary N) is 2. The maximum Gasteiger partial charge on any atom is 0.0831 e. The fraction of sp³-hybridized carbons (Fsp3) is 0. The predicted molar refractivity (Wildman–Crippen MR) is 10.4 cm³/mol. The van der Waals surface area contributed by atoms with E-state index in [1.165, 1.54) is 6.01 Å². The Bertz CT molecular complexity index is 27.0. The van der Waals surface area contributed by atoms with E-state index >= 15 is 0 Å². The van der Waals surface area contributed by atoms with Crippen molar-refractivity contribution < 1.29 is 21.7 Å². The van der Waals surface area contributed by atoms with Gasteiger partial charge in [0.05, 0.1) is 6.01 Å². The molecule has 0 aliphatic carbocycles. The zero-order valence-corrected chi connectivity index (χ0v) is 3.56. The van der Waals surface area contributed by atoms with E-state index < -0.39 is 0 Å². The molecule has 20 valence electrons. The van der Waals surface area contributed by atoms with Gasteiger partial charge in [0.25, 0.3) is 0 Å². The molecule has 0 unspecified atom stereocenters. The molecule has 0 aromatic rings. The van der Waals surface area contributed by atoms with Gasteiger partial charge in [-0.15, -0.1) is 0 Å². The second-order valence-corrected chi connectivity index (χ2v) is 0.125. The van der Waals surface area contributed by atoms with Crippen molar-refractivity contribution in [2.75, 3.05) is 0 Å². The van der Waals surface area contributed by atoms with Crippen LogP contribution in [0.25, 0.3) is 0 Å². The van der Waals surface area contributed by atoms with Gasteiger partial charge in [0.1, 0.15) is 0 Å². The van der Waals surface area contributed by atoms with E-state index in [1.54, 1.807) is 0 Å². The molecule has 0 spiro atoms. The van der Waals surface area contributed by atoms with E-state index in [1.807, 2.05) is 0 Å². The smallest absolute Gasteiger partial charge is 0.0831 e. The van der Waals surface area contributed by atoms with Gasteiger partial charge < -0.3 is 0 Å². The molecular formula is CH2N2Ti. The summed E-state index contributed by atoms with van der Waals surface area (Å²) in [5, 5.41) is 11.2. The van der Waals surface area contributed by atoms with Crippen LogP contribution in [-0.2, 0) is 21.7 Å². The average molecular weight is 89.9 g/mol. The molecule has 3 heteroatoms. The Balaban J connectivity index is 0. The molecule has 0 bridgehead atoms. The van der Waals surface area contributed by atoms with Gasteiger partial charge in [-0.05, 0) is 0 Å². The van der Waals surface area contributed by atoms with Crippen LogP contribution in [-0.4, -0.2) is 6.01 Å². The Morgan fingerprint density at radius 2 is 1.25 bits per heavy atom. The van der Waals surface area contributed by atoms with Crippen LogP contribution >= 0.6 is 0 Å². The van der Waals surface area contributed by atoms with Crippen molar-refractivity contribution >= 4 is 6.01 Å². The molecule has 0 saturated carbocycles. The molecular weight excluding hydrogens is 87.9 g/mol. The van der Waals surface area contributed by atoms with E-state index in [2.05, 4.69) is 0 Å². The minimum Gasteiger partial charge on any atom is -0.242 e. The minimum atomic E-state index is 0. The van der Waals surface area contributed by atoms with Crippen LogP contribution in [0.4, 0.5) is 0 Å². The van der Waals surface area contributed by atoms with Crippen LogP contribution in [0.15, 0.2) is 0 Å². The van der Waals surface area contributed by atoms with Crippen molar-refractivity contribution in [2.24, 2.45) is 0 Å². The van der Waals surface area contributed by atoms with Crippen molar-refractivity contribution in [1.82, 2.24) is 0 Å². The van der Waals surface area contributed by atoms with Gasteiger partial charge in [-0.3, -0.25) is 0 Å². The Hall–Kier alpha value is 0.0943. The summed E-state index contributed by atoms with van der Waals surface area (Å²) < 4.78 is 0. The standard InChI is InChI=1S/CH2N2.Ti/c2-1-3;/h2-3H;. The molecule has 0 fully saturated rings. The van der Waals surface area contributed by atoms with Gasteiger partial charge in [0.2, 0.25) is 0 Å². The summed E-state index contributed by atoms with van der Waals surface area (Å²) >= 11 is 0. The van der Waals surface area contributed by atoms with E-state index in [-0.39, 0.29) is 21.7 Å². The summed E-state index contributed by atoms with van der Waals surface area (Å²) in [5.74, 6) is 0. The average Bonchev–Trinajstić information content (AvgIpc) is 0.918. The summed E-state index contributed by atoms with van der Waals surface area (Å²) in [6.07, 6.45) is 0. The van der Waals surface area contributed by atoms with Crippen molar-refractivity contribution in [2.45, 2.75) is 0 Å². The Kier molecular flexibility index (Phi) is 25.3. The normalized spacial score (nSPS) is 2.00.